The Bertz CT molecular complexity index is 596. The molecule has 1 aromatic carbocycles. The molecule has 23 heavy (non-hydrogen) atoms. The van der Waals surface area contributed by atoms with Gasteiger partial charge in [0.15, 0.2) is 17.6 Å². The van der Waals surface area contributed by atoms with Crippen LogP contribution in [0.15, 0.2) is 24.8 Å². The van der Waals surface area contributed by atoms with Crippen LogP contribution in [0.5, 0.6) is 17.2 Å². The third kappa shape index (κ3) is 3.94. The number of fused-ring (bicyclic) bond motifs is 1. The summed E-state index contributed by atoms with van der Waals surface area (Å²) in [5, 5.41) is 2.56. The van der Waals surface area contributed by atoms with E-state index in [0.717, 1.165) is 0 Å². The molecule has 124 valence electrons. The highest BCUT2D eigenvalue weighted by Gasteiger charge is 2.24. The van der Waals surface area contributed by atoms with Crippen molar-refractivity contribution in [3.63, 3.8) is 0 Å². The molecule has 0 aromatic heterocycles. The van der Waals surface area contributed by atoms with E-state index < -0.39 is 18.0 Å². The van der Waals surface area contributed by atoms with Crippen molar-refractivity contribution in [2.45, 2.75) is 13.0 Å². The summed E-state index contributed by atoms with van der Waals surface area (Å²) < 4.78 is 21.3. The number of hydrogen-bond donors (Lipinski definition) is 1. The Morgan fingerprint density at radius 1 is 1.39 bits per heavy atom. The first-order valence-electron chi connectivity index (χ1n) is 7.14. The fourth-order valence-corrected chi connectivity index (χ4v) is 1.99. The summed E-state index contributed by atoms with van der Waals surface area (Å²) in [5.41, 5.74) is 0.217. The van der Waals surface area contributed by atoms with Gasteiger partial charge in [-0.15, -0.1) is 6.58 Å². The van der Waals surface area contributed by atoms with Gasteiger partial charge in [0.05, 0.1) is 12.7 Å². The number of carbonyl (C=O) groups excluding carboxylic acids is 2. The fourth-order valence-electron chi connectivity index (χ4n) is 1.99. The van der Waals surface area contributed by atoms with E-state index in [1.807, 2.05) is 0 Å². The molecule has 1 aromatic rings. The predicted octanol–water partition coefficient (Wildman–Crippen LogP) is 1.31. The van der Waals surface area contributed by atoms with Crippen LogP contribution in [-0.4, -0.2) is 44.8 Å². The van der Waals surface area contributed by atoms with E-state index in [1.54, 1.807) is 0 Å². The van der Waals surface area contributed by atoms with Crippen molar-refractivity contribution in [1.82, 2.24) is 5.32 Å². The summed E-state index contributed by atoms with van der Waals surface area (Å²) in [4.78, 5) is 23.9. The molecule has 7 heteroatoms. The van der Waals surface area contributed by atoms with Crippen molar-refractivity contribution in [3.8, 4) is 17.2 Å². The van der Waals surface area contributed by atoms with Crippen molar-refractivity contribution in [2.24, 2.45) is 0 Å². The van der Waals surface area contributed by atoms with Crippen molar-refractivity contribution >= 4 is 11.9 Å². The molecule has 0 unspecified atom stereocenters. The number of hydrogen-bond acceptors (Lipinski definition) is 6. The summed E-state index contributed by atoms with van der Waals surface area (Å²) in [7, 11) is 1.47. The zero-order chi connectivity index (χ0) is 16.8. The molecule has 1 heterocycles. The monoisotopic (exact) mass is 321 g/mol. The van der Waals surface area contributed by atoms with Crippen LogP contribution in [0.1, 0.15) is 17.3 Å². The summed E-state index contributed by atoms with van der Waals surface area (Å²) in [6.45, 7) is 6.09. The van der Waals surface area contributed by atoms with Gasteiger partial charge < -0.3 is 24.3 Å². The minimum Gasteiger partial charge on any atom is -0.493 e. The largest absolute Gasteiger partial charge is 0.493 e. The number of nitrogens with one attached hydrogen (secondary N) is 1. The van der Waals surface area contributed by atoms with Crippen LogP contribution in [0.4, 0.5) is 0 Å². The average molecular weight is 321 g/mol. The average Bonchev–Trinajstić information content (AvgIpc) is 2.58. The highest BCUT2D eigenvalue weighted by atomic mass is 16.6. The third-order valence-corrected chi connectivity index (χ3v) is 3.14. The topological polar surface area (TPSA) is 83.1 Å². The lowest BCUT2D eigenvalue weighted by atomic mass is 10.1. The molecule has 7 nitrogen and oxygen atoms in total. The van der Waals surface area contributed by atoms with Gasteiger partial charge in [0.25, 0.3) is 5.91 Å². The standard InChI is InChI=1S/C16H19NO6/c1-4-5-17-15(18)10(2)23-16(19)11-8-12(20-3)14-13(9-11)21-6-7-22-14/h4,8-10H,1,5-7H2,2-3H3,(H,17,18)/t10-/m1/s1. The van der Waals surface area contributed by atoms with E-state index in [2.05, 4.69) is 11.9 Å². The van der Waals surface area contributed by atoms with Gasteiger partial charge in [-0.25, -0.2) is 4.79 Å². The maximum atomic E-state index is 12.2. The molecule has 1 atom stereocenters. The Kier molecular flexibility index (Phi) is 5.46. The van der Waals surface area contributed by atoms with Gasteiger partial charge in [-0.05, 0) is 19.1 Å². The van der Waals surface area contributed by atoms with Crippen LogP contribution in [0.25, 0.3) is 0 Å². The molecule has 0 aliphatic carbocycles. The molecule has 1 aliphatic rings. The van der Waals surface area contributed by atoms with Crippen molar-refractivity contribution in [2.75, 3.05) is 26.9 Å². The van der Waals surface area contributed by atoms with Gasteiger partial charge in [-0.1, -0.05) is 6.08 Å². The Morgan fingerprint density at radius 3 is 2.83 bits per heavy atom. The fraction of sp³-hybridized carbons (Fsp3) is 0.375. The second-order valence-corrected chi connectivity index (χ2v) is 4.78. The van der Waals surface area contributed by atoms with Gasteiger partial charge in [-0.3, -0.25) is 4.79 Å². The number of esters is 1. The van der Waals surface area contributed by atoms with E-state index in [4.69, 9.17) is 18.9 Å². The summed E-state index contributed by atoms with van der Waals surface area (Å²) in [6, 6.07) is 3.00. The number of rotatable bonds is 6. The maximum Gasteiger partial charge on any atom is 0.339 e. The molecule has 0 radical (unpaired) electrons. The van der Waals surface area contributed by atoms with Crippen molar-refractivity contribution in [1.29, 1.82) is 0 Å². The SMILES string of the molecule is C=CCNC(=O)[C@@H](C)OC(=O)c1cc(OC)c2c(c1)OCCO2. The Balaban J connectivity index is 2.13. The van der Waals surface area contributed by atoms with E-state index in [-0.39, 0.29) is 5.56 Å². The molecular formula is C16H19NO6. The Hall–Kier alpha value is -2.70. The first kappa shape index (κ1) is 16.7. The lowest BCUT2D eigenvalue weighted by Crippen LogP contribution is -2.35. The molecule has 1 aliphatic heterocycles. The van der Waals surface area contributed by atoms with Gasteiger partial charge in [0.2, 0.25) is 5.75 Å². The molecule has 0 saturated heterocycles. The number of carbonyl (C=O) groups is 2. The van der Waals surface area contributed by atoms with E-state index in [1.165, 1.54) is 32.2 Å². The Labute approximate surface area is 134 Å². The molecule has 0 bridgehead atoms. The van der Waals surface area contributed by atoms with Crippen molar-refractivity contribution in [3.05, 3.63) is 30.4 Å². The maximum absolute atomic E-state index is 12.2. The van der Waals surface area contributed by atoms with E-state index in [0.29, 0.717) is 37.0 Å². The molecule has 0 spiro atoms. The normalized spacial score (nSPS) is 13.7. The summed E-state index contributed by atoms with van der Waals surface area (Å²) >= 11 is 0. The van der Waals surface area contributed by atoms with Gasteiger partial charge in [-0.2, -0.15) is 0 Å². The lowest BCUT2D eigenvalue weighted by Gasteiger charge is -2.21. The van der Waals surface area contributed by atoms with Gasteiger partial charge in [0.1, 0.15) is 13.2 Å². The molecular weight excluding hydrogens is 302 g/mol. The van der Waals surface area contributed by atoms with Crippen LogP contribution in [0.3, 0.4) is 0 Å². The second kappa shape index (κ2) is 7.53. The van der Waals surface area contributed by atoms with Crippen molar-refractivity contribution < 1.29 is 28.5 Å². The second-order valence-electron chi connectivity index (χ2n) is 4.78. The minimum atomic E-state index is -0.929. The first-order chi connectivity index (χ1) is 11.1. The van der Waals surface area contributed by atoms with Crippen LogP contribution in [0.2, 0.25) is 0 Å². The van der Waals surface area contributed by atoms with Crippen LogP contribution >= 0.6 is 0 Å². The number of ether oxygens (including phenoxy) is 4. The minimum absolute atomic E-state index is 0.217. The smallest absolute Gasteiger partial charge is 0.339 e. The molecule has 1 N–H and O–H groups in total. The number of methoxy groups -OCH3 is 1. The molecule has 0 fully saturated rings. The van der Waals surface area contributed by atoms with Gasteiger partial charge >= 0.3 is 5.97 Å². The first-order valence-corrected chi connectivity index (χ1v) is 7.14. The quantitative estimate of drug-likeness (QED) is 0.628. The van der Waals surface area contributed by atoms with Crippen LogP contribution < -0.4 is 19.5 Å². The Morgan fingerprint density at radius 2 is 2.13 bits per heavy atom. The van der Waals surface area contributed by atoms with Crippen LogP contribution in [0, 0.1) is 0 Å². The van der Waals surface area contributed by atoms with E-state index >= 15 is 0 Å². The summed E-state index contributed by atoms with van der Waals surface area (Å²) in [5.74, 6) is 0.181. The number of amides is 1. The predicted molar refractivity (Wildman–Crippen MR) is 82.1 cm³/mol. The van der Waals surface area contributed by atoms with Gasteiger partial charge in [0, 0.05) is 6.54 Å². The highest BCUT2D eigenvalue weighted by Crippen LogP contribution is 2.40. The molecule has 1 amide bonds. The molecule has 0 saturated carbocycles. The summed E-state index contributed by atoms with van der Waals surface area (Å²) in [6.07, 6.45) is 0.611. The number of benzene rings is 1. The van der Waals surface area contributed by atoms with E-state index in [9.17, 15) is 9.59 Å². The lowest BCUT2D eigenvalue weighted by molar-refractivity contribution is -0.128. The third-order valence-electron chi connectivity index (χ3n) is 3.14. The highest BCUT2D eigenvalue weighted by molar-refractivity contribution is 5.93. The zero-order valence-electron chi connectivity index (χ0n) is 13.1. The zero-order valence-corrected chi connectivity index (χ0v) is 13.1. The van der Waals surface area contributed by atoms with Crippen LogP contribution in [-0.2, 0) is 9.53 Å². The molecule has 2 rings (SSSR count).